The van der Waals surface area contributed by atoms with Crippen molar-refractivity contribution in [3.63, 3.8) is 0 Å². The number of aryl methyl sites for hydroxylation is 1. The number of hydrogen-bond acceptors (Lipinski definition) is 3. The van der Waals surface area contributed by atoms with Gasteiger partial charge in [-0.2, -0.15) is 0 Å². The molecule has 0 aliphatic carbocycles. The van der Waals surface area contributed by atoms with E-state index in [9.17, 15) is 4.79 Å². The highest BCUT2D eigenvalue weighted by Crippen LogP contribution is 2.27. The van der Waals surface area contributed by atoms with E-state index < -0.39 is 0 Å². The molecule has 1 amide bonds. The summed E-state index contributed by atoms with van der Waals surface area (Å²) in [5.74, 6) is 1.10. The molecule has 4 nitrogen and oxygen atoms in total. The summed E-state index contributed by atoms with van der Waals surface area (Å²) in [6.07, 6.45) is 3.22. The van der Waals surface area contributed by atoms with Crippen molar-refractivity contribution < 1.29 is 14.3 Å². The molecule has 0 aliphatic rings. The second kappa shape index (κ2) is 7.31. The monoisotopic (exact) mass is 297 g/mol. The fourth-order valence-electron chi connectivity index (χ4n) is 2.04. The standard InChI is InChI=1S/C18H19NO3/c1-13-5-4-6-15(11-13)19-18(20)10-8-14-7-9-16(21-2)17(12-14)22-3/h4-12H,1-3H3,(H,19,20). The SMILES string of the molecule is COc1ccc(C=CC(=O)Nc2cccc(C)c2)cc1OC. The van der Waals surface area contributed by atoms with Gasteiger partial charge < -0.3 is 14.8 Å². The summed E-state index contributed by atoms with van der Waals surface area (Å²) < 4.78 is 10.4. The van der Waals surface area contributed by atoms with E-state index in [1.807, 2.05) is 43.3 Å². The van der Waals surface area contributed by atoms with Gasteiger partial charge in [0.05, 0.1) is 14.2 Å². The quantitative estimate of drug-likeness (QED) is 0.857. The minimum Gasteiger partial charge on any atom is -0.493 e. The van der Waals surface area contributed by atoms with Gasteiger partial charge in [-0.1, -0.05) is 18.2 Å². The predicted molar refractivity (Wildman–Crippen MR) is 88.4 cm³/mol. The zero-order valence-corrected chi connectivity index (χ0v) is 12.9. The van der Waals surface area contributed by atoms with Gasteiger partial charge in [-0.15, -0.1) is 0 Å². The lowest BCUT2D eigenvalue weighted by Crippen LogP contribution is -2.07. The second-order valence-electron chi connectivity index (χ2n) is 4.81. The van der Waals surface area contributed by atoms with E-state index in [0.717, 1.165) is 16.8 Å². The van der Waals surface area contributed by atoms with Gasteiger partial charge in [-0.05, 0) is 48.4 Å². The average Bonchev–Trinajstić information content (AvgIpc) is 2.52. The van der Waals surface area contributed by atoms with Gasteiger partial charge in [-0.25, -0.2) is 0 Å². The molecule has 0 aromatic heterocycles. The van der Waals surface area contributed by atoms with Gasteiger partial charge in [0, 0.05) is 11.8 Å². The van der Waals surface area contributed by atoms with Crippen LogP contribution >= 0.6 is 0 Å². The molecule has 0 aliphatic heterocycles. The molecule has 0 fully saturated rings. The summed E-state index contributed by atoms with van der Waals surface area (Å²) in [7, 11) is 3.17. The fraction of sp³-hybridized carbons (Fsp3) is 0.167. The lowest BCUT2D eigenvalue weighted by Gasteiger charge is -2.07. The molecule has 4 heteroatoms. The molecule has 0 saturated heterocycles. The molecule has 1 N–H and O–H groups in total. The highest BCUT2D eigenvalue weighted by atomic mass is 16.5. The number of anilines is 1. The summed E-state index contributed by atoms with van der Waals surface area (Å²) in [5.41, 5.74) is 2.74. The van der Waals surface area contributed by atoms with E-state index in [4.69, 9.17) is 9.47 Å². The van der Waals surface area contributed by atoms with Gasteiger partial charge in [0.2, 0.25) is 5.91 Å². The van der Waals surface area contributed by atoms with Crippen LogP contribution < -0.4 is 14.8 Å². The van der Waals surface area contributed by atoms with E-state index in [1.54, 1.807) is 26.4 Å². The minimum absolute atomic E-state index is 0.180. The average molecular weight is 297 g/mol. The first kappa shape index (κ1) is 15.6. The van der Waals surface area contributed by atoms with Gasteiger partial charge in [0.15, 0.2) is 11.5 Å². The van der Waals surface area contributed by atoms with Crippen LogP contribution in [0.25, 0.3) is 6.08 Å². The van der Waals surface area contributed by atoms with Crippen molar-refractivity contribution in [1.29, 1.82) is 0 Å². The van der Waals surface area contributed by atoms with Crippen LogP contribution in [0.4, 0.5) is 5.69 Å². The molecule has 0 bridgehead atoms. The predicted octanol–water partition coefficient (Wildman–Crippen LogP) is 3.66. The van der Waals surface area contributed by atoms with E-state index in [2.05, 4.69) is 5.32 Å². The normalized spacial score (nSPS) is 10.5. The van der Waals surface area contributed by atoms with Gasteiger partial charge in [-0.3, -0.25) is 4.79 Å². The van der Waals surface area contributed by atoms with Crippen molar-refractivity contribution in [2.75, 3.05) is 19.5 Å². The minimum atomic E-state index is -0.180. The van der Waals surface area contributed by atoms with Crippen LogP contribution in [-0.4, -0.2) is 20.1 Å². The van der Waals surface area contributed by atoms with Crippen molar-refractivity contribution in [3.8, 4) is 11.5 Å². The molecule has 0 atom stereocenters. The maximum absolute atomic E-state index is 11.9. The molecular weight excluding hydrogens is 278 g/mol. The Kier molecular flexibility index (Phi) is 5.20. The molecule has 0 radical (unpaired) electrons. The van der Waals surface area contributed by atoms with Crippen LogP contribution in [0.3, 0.4) is 0 Å². The smallest absolute Gasteiger partial charge is 0.248 e. The lowest BCUT2D eigenvalue weighted by atomic mass is 10.2. The largest absolute Gasteiger partial charge is 0.493 e. The summed E-state index contributed by atoms with van der Waals surface area (Å²) in [5, 5.41) is 2.82. The molecule has 2 rings (SSSR count). The zero-order valence-electron chi connectivity index (χ0n) is 12.9. The number of rotatable bonds is 5. The van der Waals surface area contributed by atoms with Gasteiger partial charge in [0.1, 0.15) is 0 Å². The number of amides is 1. The Morgan fingerprint density at radius 3 is 2.50 bits per heavy atom. The van der Waals surface area contributed by atoms with E-state index in [1.165, 1.54) is 6.08 Å². The first-order valence-corrected chi connectivity index (χ1v) is 6.90. The topological polar surface area (TPSA) is 47.6 Å². The Balaban J connectivity index is 2.06. The van der Waals surface area contributed by atoms with Crippen molar-refractivity contribution in [1.82, 2.24) is 0 Å². The third-order valence-corrected chi connectivity index (χ3v) is 3.12. The van der Waals surface area contributed by atoms with Crippen LogP contribution in [0.15, 0.2) is 48.5 Å². The summed E-state index contributed by atoms with van der Waals surface area (Å²) in [4.78, 5) is 11.9. The third kappa shape index (κ3) is 4.12. The fourth-order valence-corrected chi connectivity index (χ4v) is 2.04. The van der Waals surface area contributed by atoms with E-state index in [0.29, 0.717) is 11.5 Å². The van der Waals surface area contributed by atoms with Crippen molar-refractivity contribution in [2.24, 2.45) is 0 Å². The van der Waals surface area contributed by atoms with Crippen LogP contribution in [0.2, 0.25) is 0 Å². The van der Waals surface area contributed by atoms with E-state index in [-0.39, 0.29) is 5.91 Å². The number of carbonyl (C=O) groups is 1. The second-order valence-corrected chi connectivity index (χ2v) is 4.81. The Morgan fingerprint density at radius 2 is 1.82 bits per heavy atom. The van der Waals surface area contributed by atoms with Crippen LogP contribution in [-0.2, 0) is 4.79 Å². The highest BCUT2D eigenvalue weighted by molar-refractivity contribution is 6.02. The highest BCUT2D eigenvalue weighted by Gasteiger charge is 2.03. The lowest BCUT2D eigenvalue weighted by molar-refractivity contribution is -0.111. The Morgan fingerprint density at radius 1 is 1.05 bits per heavy atom. The molecule has 114 valence electrons. The number of benzene rings is 2. The number of methoxy groups -OCH3 is 2. The maximum atomic E-state index is 11.9. The van der Waals surface area contributed by atoms with Crippen LogP contribution in [0.5, 0.6) is 11.5 Å². The maximum Gasteiger partial charge on any atom is 0.248 e. The molecular formula is C18H19NO3. The van der Waals surface area contributed by atoms with Crippen molar-refractivity contribution >= 4 is 17.7 Å². The van der Waals surface area contributed by atoms with E-state index >= 15 is 0 Å². The molecule has 0 spiro atoms. The molecule has 0 unspecified atom stereocenters. The first-order chi connectivity index (χ1) is 10.6. The molecule has 2 aromatic rings. The summed E-state index contributed by atoms with van der Waals surface area (Å²) in [6, 6.07) is 13.1. The Hall–Kier alpha value is -2.75. The summed E-state index contributed by atoms with van der Waals surface area (Å²) >= 11 is 0. The molecule has 0 heterocycles. The van der Waals surface area contributed by atoms with Crippen molar-refractivity contribution in [3.05, 3.63) is 59.7 Å². The Bertz CT molecular complexity index is 692. The summed E-state index contributed by atoms with van der Waals surface area (Å²) in [6.45, 7) is 1.98. The number of nitrogens with one attached hydrogen (secondary N) is 1. The number of carbonyl (C=O) groups excluding carboxylic acids is 1. The van der Waals surface area contributed by atoms with Crippen LogP contribution in [0.1, 0.15) is 11.1 Å². The molecule has 0 saturated carbocycles. The van der Waals surface area contributed by atoms with Crippen molar-refractivity contribution in [2.45, 2.75) is 6.92 Å². The third-order valence-electron chi connectivity index (χ3n) is 3.12. The number of ether oxygens (including phenoxy) is 2. The van der Waals surface area contributed by atoms with Crippen LogP contribution in [0, 0.1) is 6.92 Å². The molecule has 22 heavy (non-hydrogen) atoms. The van der Waals surface area contributed by atoms with Gasteiger partial charge >= 0.3 is 0 Å². The Labute approximate surface area is 130 Å². The van der Waals surface area contributed by atoms with Gasteiger partial charge in [0.25, 0.3) is 0 Å². The first-order valence-electron chi connectivity index (χ1n) is 6.90. The molecule has 2 aromatic carbocycles. The zero-order chi connectivity index (χ0) is 15.9. The number of hydrogen-bond donors (Lipinski definition) is 1.